The Hall–Kier alpha value is 2.32. The minimum absolute atomic E-state index is 0. The molecule has 0 aliphatic heterocycles. The Morgan fingerprint density at radius 2 is 0.320 bits per heavy atom. The van der Waals surface area contributed by atoms with Gasteiger partial charge in [-0.15, -0.1) is 0 Å². The first kappa shape index (κ1) is 92.3. The number of rotatable bonds is 0. The molecular formula is H16Ho2O20Se3. The van der Waals surface area contributed by atoms with Crippen LogP contribution in [0.25, 0.3) is 0 Å². The van der Waals surface area contributed by atoms with Crippen molar-refractivity contribution in [1.82, 2.24) is 0 Å². The summed E-state index contributed by atoms with van der Waals surface area (Å²) in [6.07, 6.45) is 0. The first-order chi connectivity index (χ1) is 6.00. The van der Waals surface area contributed by atoms with E-state index < -0.39 is 40.1 Å². The van der Waals surface area contributed by atoms with Crippen LogP contribution < -0.4 is 25.1 Å². The average Bonchev–Trinajstić information content (AvgIpc) is 1.41. The summed E-state index contributed by atoms with van der Waals surface area (Å²) in [6.45, 7) is 0. The van der Waals surface area contributed by atoms with Gasteiger partial charge in [0.05, 0.1) is 0 Å². The fraction of sp³-hybridized carbons (Fsp3) is 0. The first-order valence-corrected chi connectivity index (χ1v) is 10.4. The van der Waals surface area contributed by atoms with Crippen LogP contribution >= 0.6 is 0 Å². The monoisotopic (exact) mass is 906 g/mol. The van der Waals surface area contributed by atoms with Crippen LogP contribution in [-0.2, 0) is 23.0 Å². The van der Waals surface area contributed by atoms with E-state index in [2.05, 4.69) is 0 Å². The van der Waals surface area contributed by atoms with Crippen molar-refractivity contribution in [1.29, 1.82) is 0 Å². The molecule has 0 aromatic heterocycles. The van der Waals surface area contributed by atoms with Gasteiger partial charge in [-0.05, 0) is 0 Å². The van der Waals surface area contributed by atoms with Crippen molar-refractivity contribution in [3.8, 4) is 0 Å². The molecule has 0 radical (unpaired) electrons. The van der Waals surface area contributed by atoms with E-state index >= 15 is 0 Å². The SMILES string of the molecule is O.O.O.O.O.O.O.O.O=[Se](=O)([O-])[O-].O=[Se](=O)([O-])[O-].O=[Se](=O)([O-])[O-].[Ho+3].[Ho+3]. The largest absolute Gasteiger partial charge is 3.00 e. The van der Waals surface area contributed by atoms with Crippen molar-refractivity contribution < 1.29 is 167 Å². The smallest absolute Gasteiger partial charge is 3.00 e. The van der Waals surface area contributed by atoms with Crippen LogP contribution in [0.5, 0.6) is 0 Å². The fourth-order valence-corrected chi connectivity index (χ4v) is 0. The van der Waals surface area contributed by atoms with Crippen LogP contribution in [0.15, 0.2) is 0 Å². The van der Waals surface area contributed by atoms with E-state index in [9.17, 15) is 0 Å². The Balaban J connectivity index is -0.00000000655. The van der Waals surface area contributed by atoms with E-state index in [-0.39, 0.29) is 119 Å². The van der Waals surface area contributed by atoms with Gasteiger partial charge >= 0.3 is 164 Å². The molecule has 0 rings (SSSR count). The summed E-state index contributed by atoms with van der Waals surface area (Å²) in [5.74, 6) is 0. The third-order valence-electron chi connectivity index (χ3n) is 0. The molecule has 0 aromatic rings. The molecule has 25 heavy (non-hydrogen) atoms. The van der Waals surface area contributed by atoms with Gasteiger partial charge in [0.25, 0.3) is 0 Å². The van der Waals surface area contributed by atoms with Crippen molar-refractivity contribution in [2.24, 2.45) is 0 Å². The predicted octanol–water partition coefficient (Wildman–Crippen LogP) is -15.6. The molecule has 0 aromatic carbocycles. The topological polar surface area (TPSA) is 493 Å². The van der Waals surface area contributed by atoms with Crippen molar-refractivity contribution >= 4 is 40.1 Å². The molecule has 20 nitrogen and oxygen atoms in total. The van der Waals surface area contributed by atoms with Crippen molar-refractivity contribution in [2.75, 3.05) is 0 Å². The third kappa shape index (κ3) is 2900. The predicted molar refractivity (Wildman–Crippen MR) is 50.3 cm³/mol. The zero-order valence-electron chi connectivity index (χ0n) is 10.7. The minimum atomic E-state index is -5.75. The van der Waals surface area contributed by atoms with Crippen LogP contribution in [0.1, 0.15) is 0 Å². The molecule has 0 aliphatic rings. The second-order valence-electron chi connectivity index (χ2n) is 1.22. The summed E-state index contributed by atoms with van der Waals surface area (Å²) >= 11 is -17.2. The summed E-state index contributed by atoms with van der Waals surface area (Å²) in [5, 5.41) is 0. The molecule has 0 saturated heterocycles. The van der Waals surface area contributed by atoms with E-state index in [0.29, 0.717) is 0 Å². The van der Waals surface area contributed by atoms with Gasteiger partial charge in [0.2, 0.25) is 0 Å². The molecule has 176 valence electrons. The van der Waals surface area contributed by atoms with Gasteiger partial charge in [0.1, 0.15) is 0 Å². The van der Waals surface area contributed by atoms with Gasteiger partial charge in [0.15, 0.2) is 0 Å². The van der Waals surface area contributed by atoms with E-state index in [1.165, 1.54) is 0 Å². The van der Waals surface area contributed by atoms with E-state index in [0.717, 1.165) is 0 Å². The van der Waals surface area contributed by atoms with E-state index in [4.69, 9.17) is 48.1 Å². The van der Waals surface area contributed by atoms with Crippen LogP contribution in [0.3, 0.4) is 0 Å². The van der Waals surface area contributed by atoms with Gasteiger partial charge < -0.3 is 43.8 Å². The Labute approximate surface area is 204 Å². The van der Waals surface area contributed by atoms with Crippen LogP contribution in [0.2, 0.25) is 0 Å². The molecule has 0 fully saturated rings. The fourth-order valence-electron chi connectivity index (χ4n) is 0. The standard InChI is InChI=1S/2Ho.3H2O4Se.8H2O/c;;3*1-5(2,3)4;;;;;;;;/h;;3*(H2,1,2,3,4);8*1H2/q2*+3;;;;;;;;;;;/p-6. The summed E-state index contributed by atoms with van der Waals surface area (Å²) in [5.41, 5.74) is 0. The normalized spacial score (nSPS) is 6.96. The molecular weight excluding hydrogens is 887 g/mol. The summed E-state index contributed by atoms with van der Waals surface area (Å²) in [7, 11) is 0. The minimum Gasteiger partial charge on any atom is 3.00 e. The molecule has 0 amide bonds. The molecule has 0 unspecified atom stereocenters. The summed E-state index contributed by atoms with van der Waals surface area (Å²) in [6, 6.07) is 0. The Kier molecular flexibility index (Phi) is 151. The van der Waals surface area contributed by atoms with Crippen LogP contribution in [0.4, 0.5) is 0 Å². The molecule has 0 saturated carbocycles. The first-order valence-electron chi connectivity index (χ1n) is 2.00. The molecule has 0 aliphatic carbocycles. The van der Waals surface area contributed by atoms with Crippen molar-refractivity contribution in [3.05, 3.63) is 0 Å². The van der Waals surface area contributed by atoms with Crippen LogP contribution in [0, 0.1) is 75.5 Å². The maximum Gasteiger partial charge on any atom is 3.00 e. The summed E-state index contributed by atoms with van der Waals surface area (Å²) in [4.78, 5) is 0. The maximum atomic E-state index is 8.59. The molecule has 0 heterocycles. The van der Waals surface area contributed by atoms with Crippen LogP contribution in [-0.4, -0.2) is 83.9 Å². The Morgan fingerprint density at radius 1 is 0.320 bits per heavy atom. The van der Waals surface area contributed by atoms with E-state index in [1.807, 2.05) is 0 Å². The summed E-state index contributed by atoms with van der Waals surface area (Å²) < 4.78 is 103. The van der Waals surface area contributed by atoms with Gasteiger partial charge in [-0.2, -0.15) is 0 Å². The molecule has 0 spiro atoms. The van der Waals surface area contributed by atoms with Gasteiger partial charge in [-0.25, -0.2) is 0 Å². The maximum absolute atomic E-state index is 8.59. The molecule has 0 bridgehead atoms. The second kappa shape index (κ2) is 40.9. The van der Waals surface area contributed by atoms with Crippen molar-refractivity contribution in [3.63, 3.8) is 0 Å². The zero-order chi connectivity index (χ0) is 13.5. The average molecular weight is 903 g/mol. The number of hydrogen-bond donors (Lipinski definition) is 0. The van der Waals surface area contributed by atoms with Gasteiger partial charge in [0, 0.05) is 0 Å². The second-order valence-corrected chi connectivity index (χ2v) is 6.36. The molecule has 25 heteroatoms. The van der Waals surface area contributed by atoms with E-state index in [1.54, 1.807) is 0 Å². The van der Waals surface area contributed by atoms with Gasteiger partial charge in [-0.1, -0.05) is 0 Å². The zero-order valence-corrected chi connectivity index (χ0v) is 19.7. The van der Waals surface area contributed by atoms with Gasteiger partial charge in [-0.3, -0.25) is 0 Å². The molecule has 0 atom stereocenters. The Bertz CT molecular complexity index is 344. The Morgan fingerprint density at radius 3 is 0.320 bits per heavy atom. The van der Waals surface area contributed by atoms with Crippen molar-refractivity contribution in [2.45, 2.75) is 0 Å². The molecule has 16 N–H and O–H groups in total. The quantitative estimate of drug-likeness (QED) is 0.205. The number of hydrogen-bond acceptors (Lipinski definition) is 12. The third-order valence-corrected chi connectivity index (χ3v) is 0.